The summed E-state index contributed by atoms with van der Waals surface area (Å²) in [5, 5.41) is 3.59. The van der Waals surface area contributed by atoms with Crippen LogP contribution in [-0.4, -0.2) is 6.54 Å². The lowest BCUT2D eigenvalue weighted by Crippen LogP contribution is -2.27. The van der Waals surface area contributed by atoms with Gasteiger partial charge in [0.25, 0.3) is 0 Å². The van der Waals surface area contributed by atoms with Gasteiger partial charge in [-0.25, -0.2) is 4.39 Å². The zero-order valence-corrected chi connectivity index (χ0v) is 10.8. The summed E-state index contributed by atoms with van der Waals surface area (Å²) in [4.78, 5) is 0. The zero-order chi connectivity index (χ0) is 12.5. The summed E-state index contributed by atoms with van der Waals surface area (Å²) < 4.78 is 12.9. The Morgan fingerprint density at radius 1 is 1.22 bits per heavy atom. The summed E-state index contributed by atoms with van der Waals surface area (Å²) >= 11 is 0. The van der Waals surface area contributed by atoms with Crippen molar-refractivity contribution in [2.45, 2.75) is 25.8 Å². The highest BCUT2D eigenvalue weighted by atomic mass is 19.1. The normalized spacial score (nSPS) is 30.9. The summed E-state index contributed by atoms with van der Waals surface area (Å²) in [7, 11) is 0. The van der Waals surface area contributed by atoms with Crippen LogP contribution in [0.5, 0.6) is 0 Å². The van der Waals surface area contributed by atoms with Gasteiger partial charge in [0.1, 0.15) is 5.82 Å². The SMILES string of the molecule is CC(NCC1CC2C=CC1C2)c1ccc(F)cc1. The van der Waals surface area contributed by atoms with Crippen LogP contribution in [0.25, 0.3) is 0 Å². The van der Waals surface area contributed by atoms with Gasteiger partial charge in [-0.3, -0.25) is 0 Å². The minimum Gasteiger partial charge on any atom is -0.310 e. The van der Waals surface area contributed by atoms with E-state index in [0.29, 0.717) is 6.04 Å². The van der Waals surface area contributed by atoms with Crippen LogP contribution in [0.15, 0.2) is 36.4 Å². The summed E-state index contributed by atoms with van der Waals surface area (Å²) in [5.74, 6) is 2.26. The van der Waals surface area contributed by atoms with Gasteiger partial charge in [0, 0.05) is 6.04 Å². The Labute approximate surface area is 108 Å². The molecule has 0 amide bonds. The van der Waals surface area contributed by atoms with Gasteiger partial charge in [-0.1, -0.05) is 24.3 Å². The van der Waals surface area contributed by atoms with Crippen LogP contribution < -0.4 is 5.32 Å². The van der Waals surface area contributed by atoms with E-state index in [1.165, 1.54) is 25.0 Å². The third kappa shape index (κ3) is 2.35. The third-order valence-electron chi connectivity index (χ3n) is 4.47. The van der Waals surface area contributed by atoms with Crippen LogP contribution in [0, 0.1) is 23.6 Å². The van der Waals surface area contributed by atoms with Crippen molar-refractivity contribution in [3.05, 3.63) is 47.8 Å². The van der Waals surface area contributed by atoms with Gasteiger partial charge in [-0.05, 0) is 61.8 Å². The molecule has 96 valence electrons. The number of halogens is 1. The molecular weight excluding hydrogens is 225 g/mol. The molecule has 4 atom stereocenters. The maximum absolute atomic E-state index is 12.9. The minimum atomic E-state index is -0.163. The first-order valence-corrected chi connectivity index (χ1v) is 6.89. The highest BCUT2D eigenvalue weighted by molar-refractivity contribution is 5.19. The number of benzene rings is 1. The van der Waals surface area contributed by atoms with E-state index in [2.05, 4.69) is 24.4 Å². The van der Waals surface area contributed by atoms with E-state index in [1.54, 1.807) is 0 Å². The quantitative estimate of drug-likeness (QED) is 0.798. The molecule has 0 saturated heterocycles. The fourth-order valence-electron chi connectivity index (χ4n) is 3.33. The smallest absolute Gasteiger partial charge is 0.123 e. The van der Waals surface area contributed by atoms with E-state index in [9.17, 15) is 4.39 Å². The van der Waals surface area contributed by atoms with Crippen molar-refractivity contribution in [1.82, 2.24) is 5.32 Å². The van der Waals surface area contributed by atoms with Gasteiger partial charge < -0.3 is 5.32 Å². The Morgan fingerprint density at radius 3 is 2.61 bits per heavy atom. The van der Waals surface area contributed by atoms with Crippen molar-refractivity contribution in [3.8, 4) is 0 Å². The molecule has 1 aromatic rings. The van der Waals surface area contributed by atoms with Crippen molar-refractivity contribution in [3.63, 3.8) is 0 Å². The molecule has 0 aromatic heterocycles. The molecule has 1 nitrogen and oxygen atoms in total. The van der Waals surface area contributed by atoms with Gasteiger partial charge in [0.2, 0.25) is 0 Å². The number of rotatable bonds is 4. The molecule has 4 unspecified atom stereocenters. The highest BCUT2D eigenvalue weighted by Crippen LogP contribution is 2.43. The Morgan fingerprint density at radius 2 is 2.00 bits per heavy atom. The van der Waals surface area contributed by atoms with Gasteiger partial charge in [0.05, 0.1) is 0 Å². The molecule has 1 aromatic carbocycles. The fourth-order valence-corrected chi connectivity index (χ4v) is 3.33. The number of fused-ring (bicyclic) bond motifs is 2. The Kier molecular flexibility index (Phi) is 3.21. The number of nitrogens with one attached hydrogen (secondary N) is 1. The van der Waals surface area contributed by atoms with Crippen LogP contribution >= 0.6 is 0 Å². The van der Waals surface area contributed by atoms with Crippen LogP contribution in [0.4, 0.5) is 4.39 Å². The molecule has 2 aliphatic rings. The summed E-state index contributed by atoms with van der Waals surface area (Å²) in [6.45, 7) is 3.22. The van der Waals surface area contributed by atoms with Crippen LogP contribution in [-0.2, 0) is 0 Å². The van der Waals surface area contributed by atoms with E-state index in [4.69, 9.17) is 0 Å². The van der Waals surface area contributed by atoms with Crippen molar-refractivity contribution < 1.29 is 4.39 Å². The Hall–Kier alpha value is -1.15. The van der Waals surface area contributed by atoms with E-state index in [0.717, 1.165) is 29.9 Å². The first kappa shape index (κ1) is 11.9. The Bertz CT molecular complexity index is 437. The van der Waals surface area contributed by atoms with E-state index in [1.807, 2.05) is 12.1 Å². The monoisotopic (exact) mass is 245 g/mol. The largest absolute Gasteiger partial charge is 0.310 e. The van der Waals surface area contributed by atoms with Gasteiger partial charge in [0.15, 0.2) is 0 Å². The molecule has 0 aliphatic heterocycles. The Balaban J connectivity index is 1.54. The van der Waals surface area contributed by atoms with Crippen LogP contribution in [0.3, 0.4) is 0 Å². The summed E-state index contributed by atoms with van der Waals surface area (Å²) in [6, 6.07) is 7.11. The lowest BCUT2D eigenvalue weighted by atomic mass is 9.93. The molecule has 0 heterocycles. The van der Waals surface area contributed by atoms with E-state index >= 15 is 0 Å². The lowest BCUT2D eigenvalue weighted by Gasteiger charge is -2.22. The van der Waals surface area contributed by atoms with Crippen LogP contribution in [0.1, 0.15) is 31.4 Å². The molecule has 1 N–H and O–H groups in total. The van der Waals surface area contributed by atoms with Gasteiger partial charge >= 0.3 is 0 Å². The number of allylic oxidation sites excluding steroid dienone is 2. The molecule has 2 bridgehead atoms. The fraction of sp³-hybridized carbons (Fsp3) is 0.500. The zero-order valence-electron chi connectivity index (χ0n) is 10.8. The first-order valence-electron chi connectivity index (χ1n) is 6.89. The first-order chi connectivity index (χ1) is 8.72. The van der Waals surface area contributed by atoms with Gasteiger partial charge in [-0.15, -0.1) is 0 Å². The second-order valence-electron chi connectivity index (χ2n) is 5.72. The van der Waals surface area contributed by atoms with Crippen molar-refractivity contribution in [2.75, 3.05) is 6.54 Å². The molecule has 2 aliphatic carbocycles. The molecule has 2 heteroatoms. The third-order valence-corrected chi connectivity index (χ3v) is 4.47. The van der Waals surface area contributed by atoms with E-state index in [-0.39, 0.29) is 5.82 Å². The minimum absolute atomic E-state index is 0.163. The average molecular weight is 245 g/mol. The maximum Gasteiger partial charge on any atom is 0.123 e. The molecule has 1 fully saturated rings. The molecule has 3 rings (SSSR count). The number of hydrogen-bond acceptors (Lipinski definition) is 1. The predicted molar refractivity (Wildman–Crippen MR) is 71.7 cm³/mol. The molecule has 0 spiro atoms. The van der Waals surface area contributed by atoms with Crippen LogP contribution in [0.2, 0.25) is 0 Å². The molecule has 1 saturated carbocycles. The summed E-state index contributed by atoms with van der Waals surface area (Å²) in [5.41, 5.74) is 1.16. The van der Waals surface area contributed by atoms with Crippen molar-refractivity contribution in [1.29, 1.82) is 0 Å². The predicted octanol–water partition coefficient (Wildman–Crippen LogP) is 3.69. The van der Waals surface area contributed by atoms with Gasteiger partial charge in [-0.2, -0.15) is 0 Å². The molecular formula is C16H20FN. The summed E-state index contributed by atoms with van der Waals surface area (Å²) in [6.07, 6.45) is 7.47. The molecule has 0 radical (unpaired) electrons. The lowest BCUT2D eigenvalue weighted by molar-refractivity contribution is 0.393. The maximum atomic E-state index is 12.9. The van der Waals surface area contributed by atoms with Crippen molar-refractivity contribution in [2.24, 2.45) is 17.8 Å². The standard InChI is InChI=1S/C16H20FN/c1-11(13-4-6-16(17)7-5-13)18-10-15-9-12-2-3-14(15)8-12/h2-7,11-12,14-15,18H,8-10H2,1H3. The van der Waals surface area contributed by atoms with Crippen molar-refractivity contribution >= 4 is 0 Å². The second kappa shape index (κ2) is 4.85. The number of hydrogen-bond donors (Lipinski definition) is 1. The van der Waals surface area contributed by atoms with E-state index < -0.39 is 0 Å². The average Bonchev–Trinajstić information content (AvgIpc) is 2.99. The second-order valence-corrected chi connectivity index (χ2v) is 5.72. The topological polar surface area (TPSA) is 12.0 Å². The highest BCUT2D eigenvalue weighted by Gasteiger charge is 2.35. The molecule has 18 heavy (non-hydrogen) atoms.